The van der Waals surface area contributed by atoms with Crippen LogP contribution in [0.25, 0.3) is 10.7 Å². The number of carbonyl (C=O) groups excluding carboxylic acids is 2. The molecule has 0 aliphatic heterocycles. The Morgan fingerprint density at radius 2 is 1.85 bits per heavy atom. The number of anilines is 2. The maximum atomic E-state index is 12.6. The number of hydrogen-bond acceptors (Lipinski definition) is 6. The van der Waals surface area contributed by atoms with Crippen molar-refractivity contribution in [2.45, 2.75) is 25.5 Å². The molecule has 4 rings (SSSR count). The molecule has 2 aromatic carbocycles. The maximum absolute atomic E-state index is 12.6. The zero-order chi connectivity index (χ0) is 23.2. The second-order valence-corrected chi connectivity index (χ2v) is 9.10. The first-order valence-corrected chi connectivity index (χ1v) is 12.3. The third-order valence-electron chi connectivity index (χ3n) is 4.90. The van der Waals surface area contributed by atoms with Gasteiger partial charge in [0.05, 0.1) is 10.6 Å². The topological polar surface area (TPSA) is 88.9 Å². The summed E-state index contributed by atoms with van der Waals surface area (Å²) in [6.45, 7) is 4.65. The highest BCUT2D eigenvalue weighted by Gasteiger charge is 2.16. The van der Waals surface area contributed by atoms with Crippen molar-refractivity contribution in [1.29, 1.82) is 0 Å². The van der Waals surface area contributed by atoms with Gasteiger partial charge < -0.3 is 15.2 Å². The number of hydrogen-bond donors (Lipinski definition) is 2. The number of thiophene rings is 1. The summed E-state index contributed by atoms with van der Waals surface area (Å²) in [5.41, 5.74) is 2.82. The van der Waals surface area contributed by atoms with Gasteiger partial charge >= 0.3 is 0 Å². The first kappa shape index (κ1) is 22.8. The smallest absolute Gasteiger partial charge is 0.255 e. The van der Waals surface area contributed by atoms with Crippen LogP contribution in [0.1, 0.15) is 22.8 Å². The predicted molar refractivity (Wildman–Crippen MR) is 134 cm³/mol. The molecule has 0 radical (unpaired) electrons. The van der Waals surface area contributed by atoms with Crippen LogP contribution in [0.5, 0.6) is 0 Å². The van der Waals surface area contributed by atoms with Crippen molar-refractivity contribution in [3.05, 3.63) is 77.2 Å². The molecule has 0 spiro atoms. The van der Waals surface area contributed by atoms with Crippen LogP contribution in [0.15, 0.2) is 71.2 Å². The molecule has 0 bridgehead atoms. The lowest BCUT2D eigenvalue weighted by Crippen LogP contribution is -2.16. The molecule has 0 atom stereocenters. The Balaban J connectivity index is 1.36. The molecule has 33 heavy (non-hydrogen) atoms. The molecule has 2 heterocycles. The zero-order valence-electron chi connectivity index (χ0n) is 18.2. The van der Waals surface area contributed by atoms with Gasteiger partial charge in [-0.3, -0.25) is 9.59 Å². The van der Waals surface area contributed by atoms with Crippen LogP contribution < -0.4 is 10.6 Å². The van der Waals surface area contributed by atoms with Crippen molar-refractivity contribution >= 4 is 46.3 Å². The summed E-state index contributed by atoms with van der Waals surface area (Å²) in [5, 5.41) is 17.1. The molecule has 9 heteroatoms. The van der Waals surface area contributed by atoms with Gasteiger partial charge in [-0.2, -0.15) is 0 Å². The second-order valence-electron chi connectivity index (χ2n) is 7.21. The third kappa shape index (κ3) is 5.50. The number of carbonyl (C=O) groups is 2. The fourth-order valence-corrected chi connectivity index (χ4v) is 4.78. The number of rotatable bonds is 8. The van der Waals surface area contributed by atoms with E-state index in [0.717, 1.165) is 22.8 Å². The molecule has 4 aromatic rings. The van der Waals surface area contributed by atoms with E-state index in [2.05, 4.69) is 20.8 Å². The molecule has 168 valence electrons. The van der Waals surface area contributed by atoms with E-state index in [4.69, 9.17) is 0 Å². The zero-order valence-corrected chi connectivity index (χ0v) is 19.9. The summed E-state index contributed by atoms with van der Waals surface area (Å²) in [7, 11) is 0. The highest BCUT2D eigenvalue weighted by Crippen LogP contribution is 2.27. The van der Waals surface area contributed by atoms with Gasteiger partial charge in [0.25, 0.3) is 5.91 Å². The van der Waals surface area contributed by atoms with Crippen molar-refractivity contribution in [1.82, 2.24) is 14.8 Å². The van der Waals surface area contributed by atoms with Crippen molar-refractivity contribution in [2.24, 2.45) is 0 Å². The van der Waals surface area contributed by atoms with Gasteiger partial charge in [-0.1, -0.05) is 36.0 Å². The van der Waals surface area contributed by atoms with Gasteiger partial charge in [0.1, 0.15) is 0 Å². The van der Waals surface area contributed by atoms with Gasteiger partial charge in [0.15, 0.2) is 11.0 Å². The van der Waals surface area contributed by atoms with E-state index < -0.39 is 0 Å². The van der Waals surface area contributed by atoms with Gasteiger partial charge in [-0.05, 0) is 61.2 Å². The van der Waals surface area contributed by atoms with E-state index >= 15 is 0 Å². The third-order valence-corrected chi connectivity index (χ3v) is 6.73. The lowest BCUT2D eigenvalue weighted by molar-refractivity contribution is -0.113. The Kier molecular flexibility index (Phi) is 7.21. The van der Waals surface area contributed by atoms with Crippen molar-refractivity contribution < 1.29 is 9.59 Å². The first-order chi connectivity index (χ1) is 16.0. The molecule has 2 N–H and O–H groups in total. The van der Waals surface area contributed by atoms with Gasteiger partial charge in [0.2, 0.25) is 5.91 Å². The summed E-state index contributed by atoms with van der Waals surface area (Å²) >= 11 is 2.97. The number of nitrogens with one attached hydrogen (secondary N) is 2. The molecular weight excluding hydrogens is 454 g/mol. The largest absolute Gasteiger partial charge is 0.325 e. The van der Waals surface area contributed by atoms with Gasteiger partial charge in [-0.25, -0.2) is 0 Å². The van der Waals surface area contributed by atoms with E-state index in [9.17, 15) is 9.59 Å². The van der Waals surface area contributed by atoms with E-state index in [0.29, 0.717) is 22.1 Å². The molecule has 0 saturated carbocycles. The fourth-order valence-electron chi connectivity index (χ4n) is 3.26. The average Bonchev–Trinajstić information content (AvgIpc) is 3.49. The molecule has 2 aromatic heterocycles. The molecule has 0 aliphatic carbocycles. The lowest BCUT2D eigenvalue weighted by Gasteiger charge is -2.11. The van der Waals surface area contributed by atoms with Crippen molar-refractivity contribution in [3.63, 3.8) is 0 Å². The van der Waals surface area contributed by atoms with Crippen LogP contribution in [0.3, 0.4) is 0 Å². The van der Waals surface area contributed by atoms with E-state index in [1.54, 1.807) is 35.6 Å². The van der Waals surface area contributed by atoms with Gasteiger partial charge in [-0.15, -0.1) is 21.5 Å². The van der Waals surface area contributed by atoms with E-state index in [1.165, 1.54) is 11.8 Å². The standard InChI is InChI=1S/C24H23N5O2S2/c1-3-29-22(20-10-7-13-32-20)27-28-24(29)33-15-21(30)26-19-12-11-18(14-16(19)2)25-23(31)17-8-5-4-6-9-17/h4-14H,3,15H2,1-2H3,(H,25,31)(H,26,30). The summed E-state index contributed by atoms with van der Waals surface area (Å²) in [6.07, 6.45) is 0. The van der Waals surface area contributed by atoms with Gasteiger partial charge in [0, 0.05) is 23.5 Å². The van der Waals surface area contributed by atoms with E-state index in [-0.39, 0.29) is 17.6 Å². The van der Waals surface area contributed by atoms with Crippen LogP contribution in [-0.2, 0) is 11.3 Å². The van der Waals surface area contributed by atoms with E-state index in [1.807, 2.05) is 60.2 Å². The average molecular weight is 478 g/mol. The number of thioether (sulfide) groups is 1. The summed E-state index contributed by atoms with van der Waals surface area (Å²) in [5.74, 6) is 0.728. The van der Waals surface area contributed by atoms with Crippen LogP contribution in [0.4, 0.5) is 11.4 Å². The highest BCUT2D eigenvalue weighted by atomic mass is 32.2. The number of benzene rings is 2. The summed E-state index contributed by atoms with van der Waals surface area (Å²) < 4.78 is 2.01. The molecule has 2 amide bonds. The SMILES string of the molecule is CCn1c(SCC(=O)Nc2ccc(NC(=O)c3ccccc3)cc2C)nnc1-c1cccs1. The second kappa shape index (κ2) is 10.5. The number of aromatic nitrogens is 3. The van der Waals surface area contributed by atoms with Crippen molar-refractivity contribution in [2.75, 3.05) is 16.4 Å². The molecule has 0 aliphatic rings. The monoisotopic (exact) mass is 477 g/mol. The van der Waals surface area contributed by atoms with Crippen LogP contribution in [0.2, 0.25) is 0 Å². The predicted octanol–water partition coefficient (Wildman–Crippen LogP) is 5.32. The number of aryl methyl sites for hydroxylation is 1. The minimum Gasteiger partial charge on any atom is -0.325 e. The molecular formula is C24H23N5O2S2. The number of amides is 2. The molecule has 0 unspecified atom stereocenters. The highest BCUT2D eigenvalue weighted by molar-refractivity contribution is 7.99. The Bertz CT molecular complexity index is 1250. The van der Waals surface area contributed by atoms with Crippen molar-refractivity contribution in [3.8, 4) is 10.7 Å². The summed E-state index contributed by atoms with van der Waals surface area (Å²) in [6, 6.07) is 18.4. The molecule has 7 nitrogen and oxygen atoms in total. The Morgan fingerprint density at radius 1 is 1.03 bits per heavy atom. The summed E-state index contributed by atoms with van der Waals surface area (Å²) in [4.78, 5) is 26.0. The Labute approximate surface area is 200 Å². The minimum absolute atomic E-state index is 0.132. The van der Waals surface area contributed by atoms with Crippen LogP contribution in [-0.4, -0.2) is 32.3 Å². The van der Waals surface area contributed by atoms with Crippen LogP contribution in [0, 0.1) is 6.92 Å². The Morgan fingerprint density at radius 3 is 2.55 bits per heavy atom. The molecule has 0 fully saturated rings. The molecule has 0 saturated heterocycles. The minimum atomic E-state index is -0.176. The number of nitrogens with zero attached hydrogens (tertiary/aromatic N) is 3. The quantitative estimate of drug-likeness (QED) is 0.335. The Hall–Kier alpha value is -3.43. The first-order valence-electron chi connectivity index (χ1n) is 10.4. The van der Waals surface area contributed by atoms with Crippen LogP contribution >= 0.6 is 23.1 Å². The fraction of sp³-hybridized carbons (Fsp3) is 0.167. The normalized spacial score (nSPS) is 10.7. The lowest BCUT2D eigenvalue weighted by atomic mass is 10.1. The maximum Gasteiger partial charge on any atom is 0.255 e.